The summed E-state index contributed by atoms with van der Waals surface area (Å²) < 4.78 is -1.10. The zero-order valence-electron chi connectivity index (χ0n) is 5.60. The monoisotopic (exact) mass is 159 g/mol. The fourth-order valence-electron chi connectivity index (χ4n) is 0.842. The largest absolute Gasteiger partial charge is 0.530 e. The predicted molar refractivity (Wildman–Crippen MR) is 34.5 cm³/mol. The van der Waals surface area contributed by atoms with E-state index < -0.39 is 16.7 Å². The van der Waals surface area contributed by atoms with E-state index in [0.29, 0.717) is 0 Å². The van der Waals surface area contributed by atoms with E-state index in [-0.39, 0.29) is 13.1 Å². The first-order valence-electron chi connectivity index (χ1n) is 2.95. The number of aliphatic imine (C=N–C) groups is 1. The number of carboxylic acid groups (broad SMARTS) is 2. The second-order valence-corrected chi connectivity index (χ2v) is 2.18. The van der Waals surface area contributed by atoms with Gasteiger partial charge in [0.1, 0.15) is 6.54 Å². The minimum atomic E-state index is -1.40. The van der Waals surface area contributed by atoms with Crippen molar-refractivity contribution >= 4 is 18.5 Å². The van der Waals surface area contributed by atoms with Crippen molar-refractivity contribution in [3.63, 3.8) is 0 Å². The van der Waals surface area contributed by atoms with E-state index in [1.165, 1.54) is 0 Å². The van der Waals surface area contributed by atoms with Crippen LogP contribution in [0.5, 0.6) is 0 Å². The lowest BCUT2D eigenvalue weighted by Crippen LogP contribution is -2.53. The van der Waals surface area contributed by atoms with Gasteiger partial charge in [0.05, 0.1) is 6.54 Å². The first kappa shape index (κ1) is 7.67. The van der Waals surface area contributed by atoms with E-state index in [0.717, 1.165) is 6.34 Å². The smallest absolute Gasteiger partial charge is 0.435 e. The molecule has 0 spiro atoms. The first-order chi connectivity index (χ1) is 5.09. The van der Waals surface area contributed by atoms with Crippen molar-refractivity contribution in [3.8, 4) is 0 Å². The molecule has 1 aliphatic heterocycles. The van der Waals surface area contributed by atoms with Gasteiger partial charge in [-0.1, -0.05) is 4.48 Å². The van der Waals surface area contributed by atoms with Crippen LogP contribution in [0.2, 0.25) is 0 Å². The van der Waals surface area contributed by atoms with Gasteiger partial charge in [-0.05, 0) is 0 Å². The summed E-state index contributed by atoms with van der Waals surface area (Å²) in [5.41, 5.74) is 0. The molecule has 2 N–H and O–H groups in total. The molecule has 0 radical (unpaired) electrons. The number of hydrogen-bond acceptors (Lipinski definition) is 3. The summed E-state index contributed by atoms with van der Waals surface area (Å²) in [6.45, 7) is 0.239. The highest BCUT2D eigenvalue weighted by molar-refractivity contribution is 5.85. The third kappa shape index (κ3) is 0.966. The van der Waals surface area contributed by atoms with Crippen molar-refractivity contribution in [2.45, 2.75) is 0 Å². The second kappa shape index (κ2) is 2.31. The van der Waals surface area contributed by atoms with Gasteiger partial charge < -0.3 is 10.2 Å². The van der Waals surface area contributed by atoms with E-state index in [1.807, 2.05) is 0 Å². The van der Waals surface area contributed by atoms with Crippen LogP contribution in [0, 0.1) is 0 Å². The van der Waals surface area contributed by atoms with Crippen LogP contribution in [0.4, 0.5) is 9.59 Å². The zero-order chi connectivity index (χ0) is 8.48. The molecule has 60 valence electrons. The zero-order valence-corrected chi connectivity index (χ0v) is 5.60. The third-order valence-corrected chi connectivity index (χ3v) is 1.54. The van der Waals surface area contributed by atoms with Crippen molar-refractivity contribution < 1.29 is 24.3 Å². The molecule has 6 nitrogen and oxygen atoms in total. The van der Waals surface area contributed by atoms with Gasteiger partial charge in [-0.25, -0.2) is 4.99 Å². The molecule has 1 rings (SSSR count). The van der Waals surface area contributed by atoms with Crippen molar-refractivity contribution in [2.75, 3.05) is 13.1 Å². The van der Waals surface area contributed by atoms with Gasteiger partial charge in [0.25, 0.3) is 0 Å². The Balaban J connectivity index is 2.98. The van der Waals surface area contributed by atoms with Gasteiger partial charge in [0.2, 0.25) is 6.34 Å². The molecule has 0 bridgehead atoms. The molecular weight excluding hydrogens is 152 g/mol. The number of hydrogen-bond donors (Lipinski definition) is 2. The van der Waals surface area contributed by atoms with Crippen LogP contribution in [0.25, 0.3) is 0 Å². The molecule has 0 fully saturated rings. The molecule has 2 amide bonds. The summed E-state index contributed by atoms with van der Waals surface area (Å²) >= 11 is 0. The van der Waals surface area contributed by atoms with Gasteiger partial charge in [0.15, 0.2) is 0 Å². The number of nitrogens with zero attached hydrogens (tertiary/aromatic N) is 2. The maximum absolute atomic E-state index is 10.5. The summed E-state index contributed by atoms with van der Waals surface area (Å²) in [7, 11) is 0. The SMILES string of the molecule is O=C(O)[N+]1(C(=O)O)C=NCC1. The molecule has 0 aromatic rings. The third-order valence-electron chi connectivity index (χ3n) is 1.54. The quantitative estimate of drug-likeness (QED) is 0.494. The molecule has 0 aliphatic carbocycles. The summed E-state index contributed by atoms with van der Waals surface area (Å²) in [4.78, 5) is 24.5. The van der Waals surface area contributed by atoms with Crippen LogP contribution in [0.3, 0.4) is 0 Å². The fraction of sp³-hybridized carbons (Fsp3) is 0.400. The average Bonchev–Trinajstić information content (AvgIpc) is 2.34. The Morgan fingerprint density at radius 2 is 1.91 bits per heavy atom. The molecule has 6 heteroatoms. The number of carbonyl (C=O) groups is 2. The molecule has 1 heterocycles. The molecule has 0 atom stereocenters. The Hall–Kier alpha value is -1.43. The van der Waals surface area contributed by atoms with Crippen LogP contribution >= 0.6 is 0 Å². The van der Waals surface area contributed by atoms with Gasteiger partial charge in [-0.2, -0.15) is 9.59 Å². The highest BCUT2D eigenvalue weighted by atomic mass is 16.4. The van der Waals surface area contributed by atoms with Crippen LogP contribution in [-0.4, -0.2) is 46.3 Å². The maximum atomic E-state index is 10.5. The van der Waals surface area contributed by atoms with Crippen molar-refractivity contribution in [2.24, 2.45) is 4.99 Å². The molecule has 0 aromatic carbocycles. The van der Waals surface area contributed by atoms with Crippen molar-refractivity contribution in [3.05, 3.63) is 0 Å². The Bertz CT molecular complexity index is 221. The van der Waals surface area contributed by atoms with E-state index in [4.69, 9.17) is 10.2 Å². The topological polar surface area (TPSA) is 87.0 Å². The van der Waals surface area contributed by atoms with E-state index in [9.17, 15) is 9.59 Å². The van der Waals surface area contributed by atoms with E-state index in [2.05, 4.69) is 4.99 Å². The fourth-order valence-corrected chi connectivity index (χ4v) is 0.842. The van der Waals surface area contributed by atoms with Crippen LogP contribution < -0.4 is 0 Å². The Morgan fingerprint density at radius 1 is 1.36 bits per heavy atom. The highest BCUT2D eigenvalue weighted by Crippen LogP contribution is 2.10. The number of rotatable bonds is 0. The molecule has 0 unspecified atom stereocenters. The number of amides is 2. The summed E-state index contributed by atoms with van der Waals surface area (Å²) in [6, 6.07) is 0. The summed E-state index contributed by atoms with van der Waals surface area (Å²) in [6.07, 6.45) is -1.87. The van der Waals surface area contributed by atoms with Gasteiger partial charge in [-0.3, -0.25) is 0 Å². The Kier molecular flexibility index (Phi) is 1.61. The molecule has 0 saturated heterocycles. The average molecular weight is 159 g/mol. The van der Waals surface area contributed by atoms with Crippen LogP contribution in [0.1, 0.15) is 0 Å². The van der Waals surface area contributed by atoms with Crippen molar-refractivity contribution in [1.82, 2.24) is 0 Å². The predicted octanol–water partition coefficient (Wildman–Crippen LogP) is 0.201. The first-order valence-corrected chi connectivity index (χ1v) is 2.95. The summed E-state index contributed by atoms with van der Waals surface area (Å²) in [5.74, 6) is 0. The molecule has 0 saturated carbocycles. The molecule has 0 aromatic heterocycles. The van der Waals surface area contributed by atoms with E-state index >= 15 is 0 Å². The molecule has 1 aliphatic rings. The molecular formula is C5H7N2O4+. The minimum absolute atomic E-state index is 0.00926. The van der Waals surface area contributed by atoms with Gasteiger partial charge in [0, 0.05) is 0 Å². The van der Waals surface area contributed by atoms with Crippen molar-refractivity contribution in [1.29, 1.82) is 0 Å². The van der Waals surface area contributed by atoms with Gasteiger partial charge >= 0.3 is 12.2 Å². The van der Waals surface area contributed by atoms with Crippen LogP contribution in [-0.2, 0) is 0 Å². The highest BCUT2D eigenvalue weighted by Gasteiger charge is 2.47. The van der Waals surface area contributed by atoms with Crippen LogP contribution in [0.15, 0.2) is 4.99 Å². The number of quaternary nitrogens is 1. The second-order valence-electron chi connectivity index (χ2n) is 2.18. The standard InChI is InChI=1S/C5H6N2O4/c8-4(9)7(5(10)11)2-1-6-3-7/h3H,1-2H2,(H-,8,9,10,11)/p+1. The lowest BCUT2D eigenvalue weighted by atomic mass is 10.5. The summed E-state index contributed by atoms with van der Waals surface area (Å²) in [5, 5.41) is 17.1. The maximum Gasteiger partial charge on any atom is 0.530 e. The normalized spacial score (nSPS) is 20.0. The Labute approximate surface area is 62.0 Å². The van der Waals surface area contributed by atoms with Gasteiger partial charge in [-0.15, -0.1) is 0 Å². The van der Waals surface area contributed by atoms with E-state index in [1.54, 1.807) is 0 Å². The molecule has 11 heavy (non-hydrogen) atoms. The lowest BCUT2D eigenvalue weighted by molar-refractivity contribution is -0.674. The lowest BCUT2D eigenvalue weighted by Gasteiger charge is -2.14. The Morgan fingerprint density at radius 3 is 2.09 bits per heavy atom. The minimum Gasteiger partial charge on any atom is -0.435 e. The number of imide groups is 1.